The number of benzene rings is 4. The van der Waals surface area contributed by atoms with Gasteiger partial charge in [0.1, 0.15) is 30.4 Å². The second-order valence-electron chi connectivity index (χ2n) is 8.80. The monoisotopic (exact) mass is 805 g/mol. The minimum absolute atomic E-state index is 0. The number of nitrogens with one attached hydrogen (secondary N) is 2. The molecule has 1 heterocycles. The van der Waals surface area contributed by atoms with Crippen molar-refractivity contribution in [2.45, 2.75) is 19.6 Å². The van der Waals surface area contributed by atoms with Crippen LogP contribution >= 0.6 is 23.6 Å². The Morgan fingerprint density at radius 2 is 1.10 bits per heavy atom. The van der Waals surface area contributed by atoms with Gasteiger partial charge in [-0.05, 0) is 81.7 Å². The van der Waals surface area contributed by atoms with Gasteiger partial charge in [0.15, 0.2) is 0 Å². The maximum atomic E-state index is 11.8. The second kappa shape index (κ2) is 19.0. The molecule has 0 fully saturated rings. The smallest absolute Gasteiger partial charge is 0.744 e. The molecule has 0 radical (unpaired) electrons. The van der Waals surface area contributed by atoms with Crippen molar-refractivity contribution in [1.82, 2.24) is 15.0 Å². The van der Waals surface area contributed by atoms with Gasteiger partial charge in [-0.15, -0.1) is 0 Å². The molecule has 49 heavy (non-hydrogen) atoms. The number of anilines is 4. The molecular formula is C23H12ClN5Na4O12S4. The van der Waals surface area contributed by atoms with Crippen molar-refractivity contribution in [2.75, 3.05) is 10.6 Å². The van der Waals surface area contributed by atoms with Crippen molar-refractivity contribution in [3.05, 3.63) is 65.9 Å². The first-order valence-electron chi connectivity index (χ1n) is 11.6. The molecule has 0 amide bonds. The number of rotatable bonds is 10. The van der Waals surface area contributed by atoms with E-state index in [0.717, 1.165) is 12.1 Å². The van der Waals surface area contributed by atoms with Crippen LogP contribution in [0.15, 0.2) is 80.2 Å². The second-order valence-corrected chi connectivity index (χ2v) is 14.0. The fourth-order valence-electron chi connectivity index (χ4n) is 4.15. The molecule has 17 nitrogen and oxygen atoms in total. The summed E-state index contributed by atoms with van der Waals surface area (Å²) in [4.78, 5) is 9.73. The van der Waals surface area contributed by atoms with Crippen molar-refractivity contribution in [3.8, 4) is 0 Å². The zero-order chi connectivity index (χ0) is 32.7. The van der Waals surface area contributed by atoms with Crippen LogP contribution in [0.1, 0.15) is 0 Å². The van der Waals surface area contributed by atoms with E-state index in [4.69, 9.17) is 11.6 Å². The van der Waals surface area contributed by atoms with Crippen LogP contribution in [0.5, 0.6) is 0 Å². The number of halogens is 1. The zero-order valence-corrected chi connectivity index (χ0v) is 37.5. The van der Waals surface area contributed by atoms with Crippen molar-refractivity contribution in [1.29, 1.82) is 0 Å². The van der Waals surface area contributed by atoms with E-state index in [1.54, 1.807) is 0 Å². The molecule has 0 aliphatic rings. The molecule has 0 saturated heterocycles. The Kier molecular flexibility index (Phi) is 18.4. The maximum Gasteiger partial charge on any atom is 1.00 e. The Labute approximate surface area is 376 Å². The third kappa shape index (κ3) is 12.1. The van der Waals surface area contributed by atoms with Crippen LogP contribution in [0, 0.1) is 0 Å². The zero-order valence-electron chi connectivity index (χ0n) is 25.5. The van der Waals surface area contributed by atoms with Gasteiger partial charge in [0.25, 0.3) is 0 Å². The summed E-state index contributed by atoms with van der Waals surface area (Å²) in [6, 6.07) is 11.8. The molecule has 5 rings (SSSR count). The van der Waals surface area contributed by atoms with Crippen LogP contribution < -0.4 is 134 Å². The van der Waals surface area contributed by atoms with Gasteiger partial charge in [-0.25, -0.2) is 25.3 Å². The van der Waals surface area contributed by atoms with Gasteiger partial charge >= 0.3 is 118 Å². The fourth-order valence-corrected chi connectivity index (χ4v) is 6.90. The van der Waals surface area contributed by atoms with Gasteiger partial charge < -0.3 is 29.5 Å². The number of fused-ring (bicyclic) bond motifs is 2. The van der Waals surface area contributed by atoms with Gasteiger partial charge in [0, 0.05) is 16.3 Å². The summed E-state index contributed by atoms with van der Waals surface area (Å²) < 4.78 is 110. The first-order valence-corrected chi connectivity index (χ1v) is 17.0. The predicted molar refractivity (Wildman–Crippen MR) is 151 cm³/mol. The molecule has 0 aliphatic heterocycles. The van der Waals surface area contributed by atoms with Crippen LogP contribution in [0.25, 0.3) is 21.5 Å². The van der Waals surface area contributed by atoms with Gasteiger partial charge in [-0.3, -0.25) is 5.04 Å². The molecule has 0 unspecified atom stereocenters. The summed E-state index contributed by atoms with van der Waals surface area (Å²) in [6.45, 7) is 0. The predicted octanol–water partition coefficient (Wildman–Crippen LogP) is -9.72. The molecule has 5 aromatic rings. The molecule has 2 N–H and O–H groups in total. The fraction of sp³-hybridized carbons (Fsp3) is 0. The Morgan fingerprint density at radius 1 is 0.633 bits per heavy atom. The van der Waals surface area contributed by atoms with E-state index in [1.807, 2.05) is 0 Å². The summed E-state index contributed by atoms with van der Waals surface area (Å²) >= 11 is 6.43. The SMILES string of the molecule is O=S(=O)([O-])c1cc(S(=O)(=O)[O-])c2ccc(Nc3nc(Cl)nc(Nc4ccc5c(S(=O)(=O)[O-])cc(SOO[O-])cc5c4)n3)cc2c1.[Na+].[Na+].[Na+].[Na+]. The van der Waals surface area contributed by atoms with Gasteiger partial charge in [-0.2, -0.15) is 19.3 Å². The molecule has 0 saturated carbocycles. The Balaban J connectivity index is 0.00000300. The van der Waals surface area contributed by atoms with Crippen molar-refractivity contribution in [2.24, 2.45) is 0 Å². The maximum absolute atomic E-state index is 11.8. The van der Waals surface area contributed by atoms with Gasteiger partial charge in [0.05, 0.1) is 26.7 Å². The van der Waals surface area contributed by atoms with Crippen LogP contribution in [-0.4, -0.2) is 53.9 Å². The van der Waals surface area contributed by atoms with Gasteiger partial charge in [-0.1, -0.05) is 12.1 Å². The first kappa shape index (κ1) is 47.3. The molecule has 26 heteroatoms. The molecular weight excluding hydrogens is 794 g/mol. The quantitative estimate of drug-likeness (QED) is 0.0436. The molecule has 0 spiro atoms. The number of aromatic nitrogens is 3. The minimum Gasteiger partial charge on any atom is -0.744 e. The van der Waals surface area contributed by atoms with E-state index in [2.05, 4.69) is 35.0 Å². The molecule has 0 aliphatic carbocycles. The van der Waals surface area contributed by atoms with Crippen molar-refractivity contribution >= 4 is 98.8 Å². The molecule has 1 aromatic heterocycles. The largest absolute Gasteiger partial charge is 1.00 e. The standard InChI is InChI=1S/C23H16ClN5O12S4.4Na/c24-21-27-22(25-13-1-3-17-11(5-13)7-15(42-41-40-30)9-19(17)44(34,35)36)29-23(28-21)26-14-2-4-18-12(6-14)8-16(43(31,32)33)10-20(18)45(37,38)39;;;;/h1-10,30H,(H,31,32,33)(H,34,35,36)(H,37,38,39)(H2,25,26,27,28,29);;;;/q;4*+1/p-4. The van der Waals surface area contributed by atoms with Crippen LogP contribution in [0.2, 0.25) is 5.28 Å². The summed E-state index contributed by atoms with van der Waals surface area (Å²) in [6.07, 6.45) is 0. The van der Waals surface area contributed by atoms with Gasteiger partial charge in [0.2, 0.25) is 17.2 Å². The van der Waals surface area contributed by atoms with Crippen LogP contribution in [0.4, 0.5) is 23.3 Å². The number of nitrogens with zero attached hydrogens (tertiary/aromatic N) is 3. The molecule has 236 valence electrons. The van der Waals surface area contributed by atoms with Crippen LogP contribution in [0.3, 0.4) is 0 Å². The van der Waals surface area contributed by atoms with Crippen LogP contribution in [-0.2, 0) is 39.7 Å². The first-order chi connectivity index (χ1) is 21.0. The number of hydrogen-bond acceptors (Lipinski definition) is 18. The topological polar surface area (TPSA) is 276 Å². The van der Waals surface area contributed by atoms with Crippen molar-refractivity contribution < 1.29 is 172 Å². The average Bonchev–Trinajstić information content (AvgIpc) is 2.93. The molecule has 0 atom stereocenters. The van der Waals surface area contributed by atoms with E-state index in [-0.39, 0.29) is 173 Å². The van der Waals surface area contributed by atoms with E-state index in [1.165, 1.54) is 42.5 Å². The van der Waals surface area contributed by atoms with E-state index >= 15 is 0 Å². The minimum atomic E-state index is -5.16. The number of hydrogen-bond donors (Lipinski definition) is 2. The molecule has 4 aromatic carbocycles. The van der Waals surface area contributed by atoms with E-state index < -0.39 is 45.0 Å². The third-order valence-corrected chi connectivity index (χ3v) is 9.17. The van der Waals surface area contributed by atoms with Crippen molar-refractivity contribution in [3.63, 3.8) is 0 Å². The van der Waals surface area contributed by atoms with E-state index in [0.29, 0.717) is 18.1 Å². The Bertz CT molecular complexity index is 2350. The summed E-state index contributed by atoms with van der Waals surface area (Å²) in [5, 5.41) is 18.8. The average molecular weight is 806 g/mol. The Morgan fingerprint density at radius 3 is 1.55 bits per heavy atom. The normalized spacial score (nSPS) is 11.4. The molecule has 0 bridgehead atoms. The summed E-state index contributed by atoms with van der Waals surface area (Å²) in [7, 11) is -15.2. The summed E-state index contributed by atoms with van der Waals surface area (Å²) in [5.74, 6) is -0.280. The van der Waals surface area contributed by atoms with E-state index in [9.17, 15) is 44.2 Å². The Hall–Kier alpha value is 0.260. The summed E-state index contributed by atoms with van der Waals surface area (Å²) in [5.41, 5.74) is 0.452. The third-order valence-electron chi connectivity index (χ3n) is 5.88.